The first-order valence-electron chi connectivity index (χ1n) is 4.31. The lowest BCUT2D eigenvalue weighted by Gasteiger charge is -2.12. The fraction of sp³-hybridized carbons (Fsp3) is 1.00. The highest BCUT2D eigenvalue weighted by Gasteiger charge is 2.07. The Balaban J connectivity index is 3.10. The second-order valence-electron chi connectivity index (χ2n) is 3.25. The van der Waals surface area contributed by atoms with E-state index in [0.717, 1.165) is 19.4 Å². The molecule has 0 aromatic heterocycles. The summed E-state index contributed by atoms with van der Waals surface area (Å²) in [5.41, 5.74) is 0. The number of alkyl halides is 1. The summed E-state index contributed by atoms with van der Waals surface area (Å²) < 4.78 is 4.94. The molecule has 0 saturated carbocycles. The summed E-state index contributed by atoms with van der Waals surface area (Å²) in [6, 6.07) is 0. The lowest BCUT2D eigenvalue weighted by atomic mass is 10.1. The summed E-state index contributed by atoms with van der Waals surface area (Å²) in [5.74, 6) is 0.596. The third kappa shape index (κ3) is 6.64. The number of methoxy groups -OCH3 is 1. The van der Waals surface area contributed by atoms with Gasteiger partial charge >= 0.3 is 0 Å². The molecule has 0 N–H and O–H groups in total. The van der Waals surface area contributed by atoms with Crippen LogP contribution in [0.15, 0.2) is 0 Å². The van der Waals surface area contributed by atoms with E-state index in [4.69, 9.17) is 16.3 Å². The van der Waals surface area contributed by atoms with Crippen LogP contribution in [0.5, 0.6) is 0 Å². The predicted octanol–water partition coefficient (Wildman–Crippen LogP) is 3.07. The van der Waals surface area contributed by atoms with Crippen molar-refractivity contribution in [3.63, 3.8) is 0 Å². The first-order chi connectivity index (χ1) is 5.18. The highest BCUT2D eigenvalue weighted by Crippen LogP contribution is 2.16. The Labute approximate surface area is 75.1 Å². The van der Waals surface area contributed by atoms with E-state index >= 15 is 0 Å². The van der Waals surface area contributed by atoms with E-state index in [0.29, 0.717) is 11.3 Å². The largest absolute Gasteiger partial charge is 0.385 e. The molecule has 0 aliphatic carbocycles. The highest BCUT2D eigenvalue weighted by molar-refractivity contribution is 6.20. The van der Waals surface area contributed by atoms with Gasteiger partial charge in [0.05, 0.1) is 0 Å². The molecule has 0 fully saturated rings. The summed E-state index contributed by atoms with van der Waals surface area (Å²) in [5, 5.41) is 0.340. The van der Waals surface area contributed by atoms with E-state index in [2.05, 4.69) is 13.8 Å². The van der Waals surface area contributed by atoms with Gasteiger partial charge in [-0.1, -0.05) is 13.8 Å². The minimum absolute atomic E-state index is 0.340. The molecular formula is C9H19ClO. The van der Waals surface area contributed by atoms with Crippen LogP contribution in [0.2, 0.25) is 0 Å². The van der Waals surface area contributed by atoms with Crippen molar-refractivity contribution < 1.29 is 4.74 Å². The average molecular weight is 179 g/mol. The van der Waals surface area contributed by atoms with Gasteiger partial charge in [-0.3, -0.25) is 0 Å². The Hall–Kier alpha value is 0.250. The van der Waals surface area contributed by atoms with Crippen molar-refractivity contribution >= 4 is 11.6 Å². The molecule has 0 aliphatic heterocycles. The quantitative estimate of drug-likeness (QED) is 0.449. The summed E-state index contributed by atoms with van der Waals surface area (Å²) in [6.45, 7) is 5.18. The van der Waals surface area contributed by atoms with Crippen molar-refractivity contribution in [2.75, 3.05) is 13.7 Å². The molecule has 0 aliphatic rings. The van der Waals surface area contributed by atoms with Gasteiger partial charge in [0.1, 0.15) is 0 Å². The maximum absolute atomic E-state index is 6.05. The van der Waals surface area contributed by atoms with E-state index in [-0.39, 0.29) is 0 Å². The molecular weight excluding hydrogens is 160 g/mol. The molecule has 0 heterocycles. The van der Waals surface area contributed by atoms with Gasteiger partial charge in [-0.05, 0) is 25.2 Å². The molecule has 0 saturated heterocycles. The smallest absolute Gasteiger partial charge is 0.0462 e. The standard InChI is InChI=1S/C9H19ClO/c1-8(2)9(10)6-4-5-7-11-3/h8-9H,4-7H2,1-3H3. The topological polar surface area (TPSA) is 9.23 Å². The number of unbranched alkanes of at least 4 members (excludes halogenated alkanes) is 1. The Morgan fingerprint density at radius 3 is 2.36 bits per heavy atom. The number of rotatable bonds is 6. The van der Waals surface area contributed by atoms with Crippen molar-refractivity contribution in [1.29, 1.82) is 0 Å². The van der Waals surface area contributed by atoms with E-state index in [9.17, 15) is 0 Å². The van der Waals surface area contributed by atoms with Crippen LogP contribution in [0, 0.1) is 5.92 Å². The molecule has 1 unspecified atom stereocenters. The van der Waals surface area contributed by atoms with Gasteiger partial charge in [0.15, 0.2) is 0 Å². The minimum atomic E-state index is 0.340. The molecule has 0 aromatic rings. The molecule has 0 rings (SSSR count). The van der Waals surface area contributed by atoms with Crippen LogP contribution in [-0.2, 0) is 4.74 Å². The molecule has 0 amide bonds. The van der Waals surface area contributed by atoms with Gasteiger partial charge in [-0.15, -0.1) is 11.6 Å². The number of ether oxygens (including phenoxy) is 1. The van der Waals surface area contributed by atoms with Crippen molar-refractivity contribution in [2.24, 2.45) is 5.92 Å². The molecule has 1 atom stereocenters. The fourth-order valence-electron chi connectivity index (χ4n) is 0.919. The molecule has 0 spiro atoms. The SMILES string of the molecule is COCCCCC(Cl)C(C)C. The van der Waals surface area contributed by atoms with E-state index in [1.165, 1.54) is 6.42 Å². The van der Waals surface area contributed by atoms with Crippen LogP contribution < -0.4 is 0 Å². The zero-order valence-electron chi connectivity index (χ0n) is 7.77. The second-order valence-corrected chi connectivity index (χ2v) is 3.81. The minimum Gasteiger partial charge on any atom is -0.385 e. The van der Waals surface area contributed by atoms with Crippen LogP contribution in [0.1, 0.15) is 33.1 Å². The lowest BCUT2D eigenvalue weighted by molar-refractivity contribution is 0.191. The monoisotopic (exact) mass is 178 g/mol. The third-order valence-corrected chi connectivity index (χ3v) is 2.52. The predicted molar refractivity (Wildman–Crippen MR) is 50.2 cm³/mol. The molecule has 2 heteroatoms. The highest BCUT2D eigenvalue weighted by atomic mass is 35.5. The maximum Gasteiger partial charge on any atom is 0.0462 e. The van der Waals surface area contributed by atoms with Gasteiger partial charge < -0.3 is 4.74 Å². The van der Waals surface area contributed by atoms with Gasteiger partial charge in [0.2, 0.25) is 0 Å². The van der Waals surface area contributed by atoms with Crippen molar-refractivity contribution in [3.05, 3.63) is 0 Å². The second kappa shape index (κ2) is 6.93. The van der Waals surface area contributed by atoms with Gasteiger partial charge in [0, 0.05) is 19.1 Å². The van der Waals surface area contributed by atoms with Crippen LogP contribution >= 0.6 is 11.6 Å². The van der Waals surface area contributed by atoms with E-state index in [1.807, 2.05) is 0 Å². The molecule has 0 radical (unpaired) electrons. The van der Waals surface area contributed by atoms with Crippen LogP contribution in [0.4, 0.5) is 0 Å². The molecule has 0 aromatic carbocycles. The van der Waals surface area contributed by atoms with Crippen LogP contribution in [-0.4, -0.2) is 19.1 Å². The zero-order chi connectivity index (χ0) is 8.69. The number of halogens is 1. The Morgan fingerprint density at radius 2 is 1.91 bits per heavy atom. The summed E-state index contributed by atoms with van der Waals surface area (Å²) in [4.78, 5) is 0. The normalized spacial score (nSPS) is 13.9. The fourth-order valence-corrected chi connectivity index (χ4v) is 1.07. The number of hydrogen-bond acceptors (Lipinski definition) is 1. The maximum atomic E-state index is 6.05. The van der Waals surface area contributed by atoms with Crippen molar-refractivity contribution in [1.82, 2.24) is 0 Å². The zero-order valence-corrected chi connectivity index (χ0v) is 8.53. The molecule has 11 heavy (non-hydrogen) atoms. The summed E-state index contributed by atoms with van der Waals surface area (Å²) >= 11 is 6.05. The van der Waals surface area contributed by atoms with Crippen molar-refractivity contribution in [3.8, 4) is 0 Å². The first-order valence-corrected chi connectivity index (χ1v) is 4.75. The summed E-state index contributed by atoms with van der Waals surface area (Å²) in [6.07, 6.45) is 3.43. The Bertz CT molecular complexity index is 83.6. The van der Waals surface area contributed by atoms with Crippen molar-refractivity contribution in [2.45, 2.75) is 38.5 Å². The van der Waals surface area contributed by atoms with E-state index in [1.54, 1.807) is 7.11 Å². The Kier molecular flexibility index (Phi) is 7.09. The van der Waals surface area contributed by atoms with E-state index < -0.39 is 0 Å². The molecule has 68 valence electrons. The van der Waals surface area contributed by atoms with Gasteiger partial charge in [-0.25, -0.2) is 0 Å². The molecule has 1 nitrogen and oxygen atoms in total. The van der Waals surface area contributed by atoms with Gasteiger partial charge in [0.25, 0.3) is 0 Å². The van der Waals surface area contributed by atoms with Gasteiger partial charge in [-0.2, -0.15) is 0 Å². The average Bonchev–Trinajstić information content (AvgIpc) is 1.97. The lowest BCUT2D eigenvalue weighted by Crippen LogP contribution is -2.07. The summed E-state index contributed by atoms with van der Waals surface area (Å²) in [7, 11) is 1.74. The molecule has 0 bridgehead atoms. The van der Waals surface area contributed by atoms with Crippen LogP contribution in [0.25, 0.3) is 0 Å². The van der Waals surface area contributed by atoms with Crippen LogP contribution in [0.3, 0.4) is 0 Å². The number of hydrogen-bond donors (Lipinski definition) is 0. The third-order valence-electron chi connectivity index (χ3n) is 1.80. The first kappa shape index (κ1) is 11.2. The Morgan fingerprint density at radius 1 is 1.27 bits per heavy atom.